The normalized spacial score (nSPS) is 13.8. The van der Waals surface area contributed by atoms with Crippen LogP contribution in [0.3, 0.4) is 0 Å². The second-order valence-corrected chi connectivity index (χ2v) is 4.67. The summed E-state index contributed by atoms with van der Waals surface area (Å²) in [6, 6.07) is 8.67. The Morgan fingerprint density at radius 3 is 2.21 bits per heavy atom. The van der Waals surface area contributed by atoms with Gasteiger partial charge in [0.2, 0.25) is 5.60 Å². The number of carbonyl (C=O) groups excluding carboxylic acids is 2. The number of para-hydroxylation sites is 1. The minimum atomic E-state index is -2.20. The Labute approximate surface area is 112 Å². The van der Waals surface area contributed by atoms with Crippen LogP contribution in [-0.4, -0.2) is 35.7 Å². The number of nitrogens with zero attached hydrogens (tertiary/aromatic N) is 1. The maximum absolute atomic E-state index is 12.4. The number of rotatable bonds is 4. The first-order valence-electron chi connectivity index (χ1n) is 6.02. The van der Waals surface area contributed by atoms with E-state index in [0.29, 0.717) is 5.69 Å². The third kappa shape index (κ3) is 3.12. The van der Waals surface area contributed by atoms with Crippen molar-refractivity contribution >= 4 is 17.6 Å². The van der Waals surface area contributed by atoms with Crippen molar-refractivity contribution in [3.05, 3.63) is 30.3 Å². The number of aliphatic hydroxyl groups is 1. The van der Waals surface area contributed by atoms with Gasteiger partial charge in [-0.1, -0.05) is 18.2 Å². The molecular weight excluding hydrogens is 246 g/mol. The van der Waals surface area contributed by atoms with Crippen LogP contribution < -0.4 is 4.90 Å². The average molecular weight is 265 g/mol. The Bertz CT molecular complexity index is 454. The molecule has 0 bridgehead atoms. The van der Waals surface area contributed by atoms with Gasteiger partial charge in [0, 0.05) is 11.7 Å². The van der Waals surface area contributed by atoms with Crippen molar-refractivity contribution in [2.45, 2.75) is 32.4 Å². The lowest BCUT2D eigenvalue weighted by atomic mass is 10.0. The highest BCUT2D eigenvalue weighted by Gasteiger charge is 2.44. The summed E-state index contributed by atoms with van der Waals surface area (Å²) in [7, 11) is 1.13. The molecule has 1 unspecified atom stereocenters. The molecule has 5 nitrogen and oxygen atoms in total. The molecule has 0 radical (unpaired) electrons. The van der Waals surface area contributed by atoms with Crippen molar-refractivity contribution in [1.29, 1.82) is 0 Å². The molecule has 0 aliphatic carbocycles. The fourth-order valence-corrected chi connectivity index (χ4v) is 1.76. The molecule has 0 heterocycles. The second kappa shape index (κ2) is 5.84. The highest BCUT2D eigenvalue weighted by atomic mass is 16.5. The van der Waals surface area contributed by atoms with E-state index >= 15 is 0 Å². The number of anilines is 1. The maximum Gasteiger partial charge on any atom is 0.347 e. The summed E-state index contributed by atoms with van der Waals surface area (Å²) in [4.78, 5) is 25.3. The van der Waals surface area contributed by atoms with E-state index < -0.39 is 17.5 Å². The molecule has 1 aromatic carbocycles. The number of amides is 1. The van der Waals surface area contributed by atoms with Crippen LogP contribution in [0, 0.1) is 0 Å². The number of carbonyl (C=O) groups is 2. The molecule has 104 valence electrons. The van der Waals surface area contributed by atoms with Gasteiger partial charge in [0.25, 0.3) is 5.91 Å². The van der Waals surface area contributed by atoms with Crippen LogP contribution in [0.15, 0.2) is 30.3 Å². The summed E-state index contributed by atoms with van der Waals surface area (Å²) in [5, 5.41) is 10.1. The average Bonchev–Trinajstić information content (AvgIpc) is 2.38. The molecule has 1 rings (SSSR count). The summed E-state index contributed by atoms with van der Waals surface area (Å²) < 4.78 is 4.47. The van der Waals surface area contributed by atoms with Gasteiger partial charge in [-0.3, -0.25) is 4.79 Å². The van der Waals surface area contributed by atoms with E-state index in [0.717, 1.165) is 14.0 Å². The largest absolute Gasteiger partial charge is 0.466 e. The van der Waals surface area contributed by atoms with Crippen molar-refractivity contribution in [2.24, 2.45) is 0 Å². The summed E-state index contributed by atoms with van der Waals surface area (Å²) >= 11 is 0. The van der Waals surface area contributed by atoms with Gasteiger partial charge in [0.15, 0.2) is 0 Å². The summed E-state index contributed by atoms with van der Waals surface area (Å²) in [5.74, 6) is -1.68. The van der Waals surface area contributed by atoms with Crippen LogP contribution in [0.5, 0.6) is 0 Å². The number of hydrogen-bond acceptors (Lipinski definition) is 4. The quantitative estimate of drug-likeness (QED) is 0.659. The van der Waals surface area contributed by atoms with E-state index in [9.17, 15) is 14.7 Å². The van der Waals surface area contributed by atoms with Gasteiger partial charge in [0.1, 0.15) is 0 Å². The summed E-state index contributed by atoms with van der Waals surface area (Å²) in [6.07, 6.45) is 0. The first-order valence-corrected chi connectivity index (χ1v) is 6.02. The molecule has 0 saturated carbocycles. The Balaban J connectivity index is 3.15. The fourth-order valence-electron chi connectivity index (χ4n) is 1.76. The molecule has 19 heavy (non-hydrogen) atoms. The van der Waals surface area contributed by atoms with Gasteiger partial charge in [0.05, 0.1) is 7.11 Å². The Morgan fingerprint density at radius 2 is 1.79 bits per heavy atom. The summed E-state index contributed by atoms with van der Waals surface area (Å²) in [5.41, 5.74) is -1.58. The zero-order chi connectivity index (χ0) is 14.6. The highest BCUT2D eigenvalue weighted by molar-refractivity contribution is 6.12. The van der Waals surface area contributed by atoms with E-state index in [-0.39, 0.29) is 6.04 Å². The first kappa shape index (κ1) is 15.2. The number of methoxy groups -OCH3 is 1. The predicted molar refractivity (Wildman–Crippen MR) is 71.7 cm³/mol. The van der Waals surface area contributed by atoms with Crippen molar-refractivity contribution in [3.63, 3.8) is 0 Å². The molecule has 1 atom stereocenters. The molecule has 0 fully saturated rings. The molecule has 1 aromatic rings. The Kier molecular flexibility index (Phi) is 4.67. The Morgan fingerprint density at radius 1 is 1.26 bits per heavy atom. The second-order valence-electron chi connectivity index (χ2n) is 4.67. The van der Waals surface area contributed by atoms with Crippen molar-refractivity contribution < 1.29 is 19.4 Å². The highest BCUT2D eigenvalue weighted by Crippen LogP contribution is 2.21. The van der Waals surface area contributed by atoms with E-state index in [4.69, 9.17) is 0 Å². The number of hydrogen-bond donors (Lipinski definition) is 1. The van der Waals surface area contributed by atoms with Crippen LogP contribution in [0.4, 0.5) is 5.69 Å². The van der Waals surface area contributed by atoms with Gasteiger partial charge in [-0.25, -0.2) is 4.79 Å². The number of esters is 1. The third-order valence-electron chi connectivity index (χ3n) is 2.77. The van der Waals surface area contributed by atoms with Crippen molar-refractivity contribution in [1.82, 2.24) is 0 Å². The smallest absolute Gasteiger partial charge is 0.347 e. The van der Waals surface area contributed by atoms with Crippen LogP contribution in [0.1, 0.15) is 20.8 Å². The Hall–Kier alpha value is -1.88. The van der Waals surface area contributed by atoms with Crippen LogP contribution in [0.25, 0.3) is 0 Å². The molecular formula is C14H19NO4. The number of benzene rings is 1. The number of ether oxygens (including phenoxy) is 1. The molecule has 1 N–H and O–H groups in total. The standard InChI is InChI=1S/C14H19NO4/c1-10(2)15(11-8-6-5-7-9-11)12(16)14(3,18)13(17)19-4/h5-10,18H,1-4H3. The van der Waals surface area contributed by atoms with Gasteiger partial charge < -0.3 is 14.7 Å². The van der Waals surface area contributed by atoms with E-state index in [1.54, 1.807) is 38.1 Å². The monoisotopic (exact) mass is 265 g/mol. The molecule has 0 aliphatic heterocycles. The van der Waals surface area contributed by atoms with Crippen LogP contribution >= 0.6 is 0 Å². The minimum absolute atomic E-state index is 0.203. The lowest BCUT2D eigenvalue weighted by Crippen LogP contribution is -2.55. The topological polar surface area (TPSA) is 66.8 Å². The zero-order valence-corrected chi connectivity index (χ0v) is 11.6. The van der Waals surface area contributed by atoms with Crippen LogP contribution in [-0.2, 0) is 14.3 Å². The van der Waals surface area contributed by atoms with Crippen LogP contribution in [0.2, 0.25) is 0 Å². The van der Waals surface area contributed by atoms with E-state index in [1.807, 2.05) is 6.07 Å². The maximum atomic E-state index is 12.4. The lowest BCUT2D eigenvalue weighted by Gasteiger charge is -2.32. The molecule has 5 heteroatoms. The molecule has 0 saturated heterocycles. The third-order valence-corrected chi connectivity index (χ3v) is 2.77. The van der Waals surface area contributed by atoms with Gasteiger partial charge in [-0.05, 0) is 32.9 Å². The van der Waals surface area contributed by atoms with Crippen molar-refractivity contribution in [2.75, 3.05) is 12.0 Å². The molecule has 1 amide bonds. The first-order chi connectivity index (χ1) is 8.82. The SMILES string of the molecule is COC(=O)C(C)(O)C(=O)N(c1ccccc1)C(C)C. The summed E-state index contributed by atoms with van der Waals surface area (Å²) in [6.45, 7) is 4.75. The minimum Gasteiger partial charge on any atom is -0.466 e. The fraction of sp³-hybridized carbons (Fsp3) is 0.429. The molecule has 0 spiro atoms. The van der Waals surface area contributed by atoms with E-state index in [2.05, 4.69) is 4.74 Å². The molecule has 0 aliphatic rings. The zero-order valence-electron chi connectivity index (χ0n) is 11.6. The van der Waals surface area contributed by atoms with E-state index in [1.165, 1.54) is 4.90 Å². The van der Waals surface area contributed by atoms with Gasteiger partial charge >= 0.3 is 5.97 Å². The van der Waals surface area contributed by atoms with Gasteiger partial charge in [-0.2, -0.15) is 0 Å². The predicted octanol–water partition coefficient (Wildman–Crippen LogP) is 1.35. The van der Waals surface area contributed by atoms with Gasteiger partial charge in [-0.15, -0.1) is 0 Å². The van der Waals surface area contributed by atoms with Crippen molar-refractivity contribution in [3.8, 4) is 0 Å². The lowest BCUT2D eigenvalue weighted by molar-refractivity contribution is -0.166. The molecule has 0 aromatic heterocycles.